The van der Waals surface area contributed by atoms with Gasteiger partial charge in [0.15, 0.2) is 0 Å². The van der Waals surface area contributed by atoms with Crippen molar-refractivity contribution in [3.63, 3.8) is 0 Å². The fourth-order valence-electron chi connectivity index (χ4n) is 1.91. The topological polar surface area (TPSA) is 56.0 Å². The molecular formula is C13H20N2O. The molecule has 3 heteroatoms. The van der Waals surface area contributed by atoms with Crippen LogP contribution in [0.25, 0.3) is 0 Å². The third-order valence-corrected chi connectivity index (χ3v) is 2.46. The molecule has 0 fully saturated rings. The van der Waals surface area contributed by atoms with E-state index in [0.29, 0.717) is 6.42 Å². The molecule has 1 unspecified atom stereocenters. The molecule has 0 saturated carbocycles. The molecule has 1 amide bonds. The molecule has 16 heavy (non-hydrogen) atoms. The predicted molar refractivity (Wildman–Crippen MR) is 64.9 cm³/mol. The van der Waals surface area contributed by atoms with Gasteiger partial charge in [0.25, 0.3) is 0 Å². The Morgan fingerprint density at radius 2 is 2.19 bits per heavy atom. The number of carbonyl (C=O) groups excluding carboxylic acids is 1. The molecule has 0 aromatic carbocycles. The highest BCUT2D eigenvalue weighted by molar-refractivity contribution is 5.74. The van der Waals surface area contributed by atoms with Crippen LogP contribution < -0.4 is 5.73 Å². The molecule has 0 bridgehead atoms. The van der Waals surface area contributed by atoms with E-state index in [2.05, 4.69) is 25.8 Å². The first-order valence-corrected chi connectivity index (χ1v) is 5.57. The van der Waals surface area contributed by atoms with Crippen LogP contribution in [-0.2, 0) is 4.79 Å². The number of rotatable bonds is 4. The summed E-state index contributed by atoms with van der Waals surface area (Å²) in [6.45, 7) is 6.49. The number of nitrogens with zero attached hydrogens (tertiary/aromatic N) is 1. The van der Waals surface area contributed by atoms with Gasteiger partial charge in [-0.1, -0.05) is 26.8 Å². The van der Waals surface area contributed by atoms with Crippen LogP contribution in [0.5, 0.6) is 0 Å². The van der Waals surface area contributed by atoms with Crippen molar-refractivity contribution < 1.29 is 4.79 Å². The van der Waals surface area contributed by atoms with E-state index < -0.39 is 0 Å². The molecule has 0 aliphatic heterocycles. The summed E-state index contributed by atoms with van der Waals surface area (Å²) in [6.07, 6.45) is 4.88. The van der Waals surface area contributed by atoms with Crippen molar-refractivity contribution in [2.75, 3.05) is 0 Å². The van der Waals surface area contributed by atoms with Crippen LogP contribution in [0.15, 0.2) is 24.5 Å². The summed E-state index contributed by atoms with van der Waals surface area (Å²) in [7, 11) is 0. The Bertz CT molecular complexity index is 341. The zero-order valence-electron chi connectivity index (χ0n) is 10.2. The maximum atomic E-state index is 11.1. The molecule has 0 radical (unpaired) electrons. The minimum atomic E-state index is -0.252. The lowest BCUT2D eigenvalue weighted by Crippen LogP contribution is -2.19. The molecular weight excluding hydrogens is 200 g/mol. The van der Waals surface area contributed by atoms with Gasteiger partial charge >= 0.3 is 0 Å². The summed E-state index contributed by atoms with van der Waals surface area (Å²) in [5.74, 6) is -0.0793. The van der Waals surface area contributed by atoms with Gasteiger partial charge < -0.3 is 5.73 Å². The predicted octanol–water partition coefficient (Wildman–Crippen LogP) is 2.48. The van der Waals surface area contributed by atoms with Crippen LogP contribution >= 0.6 is 0 Å². The number of hydrogen-bond acceptors (Lipinski definition) is 2. The van der Waals surface area contributed by atoms with Crippen molar-refractivity contribution in [2.24, 2.45) is 11.1 Å². The zero-order chi connectivity index (χ0) is 12.2. The molecule has 1 heterocycles. The molecule has 2 N–H and O–H groups in total. The SMILES string of the molecule is CC(C)(C)CC(CC(N)=O)c1cccnc1. The van der Waals surface area contributed by atoms with Crippen molar-refractivity contribution in [3.8, 4) is 0 Å². The number of nitrogens with two attached hydrogens (primary N) is 1. The van der Waals surface area contributed by atoms with Gasteiger partial charge in [0.2, 0.25) is 5.91 Å². The third-order valence-electron chi connectivity index (χ3n) is 2.46. The largest absolute Gasteiger partial charge is 0.370 e. The first kappa shape index (κ1) is 12.7. The maximum Gasteiger partial charge on any atom is 0.218 e. The van der Waals surface area contributed by atoms with E-state index in [1.165, 1.54) is 0 Å². The van der Waals surface area contributed by atoms with Gasteiger partial charge in [0.05, 0.1) is 0 Å². The van der Waals surface area contributed by atoms with E-state index in [0.717, 1.165) is 12.0 Å². The van der Waals surface area contributed by atoms with E-state index in [4.69, 9.17) is 5.73 Å². The Hall–Kier alpha value is -1.38. The second-order valence-electron chi connectivity index (χ2n) is 5.42. The molecule has 1 rings (SSSR count). The number of hydrogen-bond donors (Lipinski definition) is 1. The number of amides is 1. The van der Waals surface area contributed by atoms with Crippen LogP contribution in [0.1, 0.15) is 45.1 Å². The smallest absolute Gasteiger partial charge is 0.218 e. The summed E-state index contributed by atoms with van der Waals surface area (Å²) in [5, 5.41) is 0. The van der Waals surface area contributed by atoms with E-state index in [-0.39, 0.29) is 17.2 Å². The molecule has 0 saturated heterocycles. The van der Waals surface area contributed by atoms with E-state index in [9.17, 15) is 4.79 Å². The lowest BCUT2D eigenvalue weighted by molar-refractivity contribution is -0.118. The highest BCUT2D eigenvalue weighted by Gasteiger charge is 2.21. The molecule has 0 aliphatic rings. The maximum absolute atomic E-state index is 11.1. The highest BCUT2D eigenvalue weighted by atomic mass is 16.1. The van der Waals surface area contributed by atoms with Gasteiger partial charge in [-0.25, -0.2) is 0 Å². The van der Waals surface area contributed by atoms with Crippen LogP contribution in [0, 0.1) is 5.41 Å². The Balaban J connectivity index is 2.84. The Kier molecular flexibility index (Phi) is 4.05. The van der Waals surface area contributed by atoms with Crippen LogP contribution in [0.2, 0.25) is 0 Å². The van der Waals surface area contributed by atoms with Crippen molar-refractivity contribution in [3.05, 3.63) is 30.1 Å². The molecule has 1 atom stereocenters. The fourth-order valence-corrected chi connectivity index (χ4v) is 1.91. The Morgan fingerprint density at radius 3 is 2.62 bits per heavy atom. The third kappa shape index (κ3) is 4.43. The standard InChI is InChI=1S/C13H20N2O/c1-13(2,3)8-11(7-12(14)16)10-5-4-6-15-9-10/h4-6,9,11H,7-8H2,1-3H3,(H2,14,16). The fraction of sp³-hybridized carbons (Fsp3) is 0.538. The summed E-state index contributed by atoms with van der Waals surface area (Å²) >= 11 is 0. The van der Waals surface area contributed by atoms with E-state index in [1.807, 2.05) is 18.3 Å². The van der Waals surface area contributed by atoms with Gasteiger partial charge in [-0.05, 0) is 29.4 Å². The summed E-state index contributed by atoms with van der Waals surface area (Å²) in [5.41, 5.74) is 6.56. The van der Waals surface area contributed by atoms with Crippen molar-refractivity contribution in [1.29, 1.82) is 0 Å². The average Bonchev–Trinajstić information content (AvgIpc) is 2.15. The number of aromatic nitrogens is 1. The zero-order valence-corrected chi connectivity index (χ0v) is 10.2. The average molecular weight is 220 g/mol. The number of primary amides is 1. The second kappa shape index (κ2) is 5.10. The molecule has 0 spiro atoms. The molecule has 0 aliphatic carbocycles. The van der Waals surface area contributed by atoms with Crippen molar-refractivity contribution in [2.45, 2.75) is 39.5 Å². The van der Waals surface area contributed by atoms with Gasteiger partial charge in [-0.15, -0.1) is 0 Å². The van der Waals surface area contributed by atoms with E-state index >= 15 is 0 Å². The second-order valence-corrected chi connectivity index (χ2v) is 5.42. The minimum absolute atomic E-state index is 0.172. The first-order valence-electron chi connectivity index (χ1n) is 5.57. The minimum Gasteiger partial charge on any atom is -0.370 e. The van der Waals surface area contributed by atoms with Crippen LogP contribution in [0.4, 0.5) is 0 Å². The first-order chi connectivity index (χ1) is 7.38. The lowest BCUT2D eigenvalue weighted by atomic mass is 9.80. The Labute approximate surface area is 97.1 Å². The van der Waals surface area contributed by atoms with Gasteiger partial charge in [0, 0.05) is 18.8 Å². The Morgan fingerprint density at radius 1 is 1.50 bits per heavy atom. The lowest BCUT2D eigenvalue weighted by Gasteiger charge is -2.25. The summed E-state index contributed by atoms with van der Waals surface area (Å²) < 4.78 is 0. The summed E-state index contributed by atoms with van der Waals surface area (Å²) in [4.78, 5) is 15.2. The highest BCUT2D eigenvalue weighted by Crippen LogP contribution is 2.32. The normalized spacial score (nSPS) is 13.4. The quantitative estimate of drug-likeness (QED) is 0.847. The number of pyridine rings is 1. The van der Waals surface area contributed by atoms with Crippen LogP contribution in [0.3, 0.4) is 0 Å². The summed E-state index contributed by atoms with van der Waals surface area (Å²) in [6, 6.07) is 3.90. The molecule has 3 nitrogen and oxygen atoms in total. The molecule has 88 valence electrons. The van der Waals surface area contributed by atoms with Crippen molar-refractivity contribution >= 4 is 5.91 Å². The monoisotopic (exact) mass is 220 g/mol. The molecule has 1 aromatic rings. The van der Waals surface area contributed by atoms with Gasteiger partial charge in [-0.3, -0.25) is 9.78 Å². The molecule has 1 aromatic heterocycles. The number of carbonyl (C=O) groups is 1. The van der Waals surface area contributed by atoms with Gasteiger partial charge in [0.1, 0.15) is 0 Å². The van der Waals surface area contributed by atoms with E-state index in [1.54, 1.807) is 6.20 Å². The van der Waals surface area contributed by atoms with Crippen molar-refractivity contribution in [1.82, 2.24) is 4.98 Å². The van der Waals surface area contributed by atoms with Gasteiger partial charge in [-0.2, -0.15) is 0 Å². The van der Waals surface area contributed by atoms with Crippen LogP contribution in [-0.4, -0.2) is 10.9 Å².